The highest BCUT2D eigenvalue weighted by molar-refractivity contribution is 7.99. The molecule has 0 spiro atoms. The fourth-order valence-electron chi connectivity index (χ4n) is 4.55. The molecule has 0 fully saturated rings. The summed E-state index contributed by atoms with van der Waals surface area (Å²) in [5.41, 5.74) is 10.5. The molecule has 23 heteroatoms. The molecule has 5 aromatic rings. The van der Waals surface area contributed by atoms with Crippen molar-refractivity contribution in [3.63, 3.8) is 0 Å². The summed E-state index contributed by atoms with van der Waals surface area (Å²) in [5, 5.41) is 36.3. The van der Waals surface area contributed by atoms with Gasteiger partial charge >= 0.3 is 0 Å². The fourth-order valence-corrected chi connectivity index (χ4v) is 7.69. The molecule has 18 nitrogen and oxygen atoms in total. The van der Waals surface area contributed by atoms with Crippen LogP contribution in [0.5, 0.6) is 5.75 Å². The Morgan fingerprint density at radius 3 is 2.14 bits per heavy atom. The molecule has 0 bridgehead atoms. The molecule has 0 saturated heterocycles. The number of aromatic nitrogens is 3. The van der Waals surface area contributed by atoms with Gasteiger partial charge in [-0.1, -0.05) is 58.9 Å². The van der Waals surface area contributed by atoms with Gasteiger partial charge in [-0.2, -0.15) is 31.8 Å². The first-order valence-corrected chi connectivity index (χ1v) is 19.5. The van der Waals surface area contributed by atoms with Gasteiger partial charge in [0.25, 0.3) is 20.2 Å². The second-order valence-corrected chi connectivity index (χ2v) is 15.4. The van der Waals surface area contributed by atoms with Gasteiger partial charge in [0.15, 0.2) is 16.1 Å². The molecule has 9 N–H and O–H groups in total. The maximum Gasteiger partial charge on any atom is 0.297 e. The molecule has 0 aliphatic heterocycles. The Balaban J connectivity index is 1.73. The van der Waals surface area contributed by atoms with E-state index in [4.69, 9.17) is 16.7 Å². The van der Waals surface area contributed by atoms with Crippen LogP contribution >= 0.6 is 35.6 Å². The Bertz CT molecular complexity index is 2290. The number of fused-ring (bicyclic) bond motifs is 2. The van der Waals surface area contributed by atoms with Crippen LogP contribution in [0.25, 0.3) is 21.5 Å². The third kappa shape index (κ3) is 8.76. The number of anilines is 2. The van der Waals surface area contributed by atoms with Crippen LogP contribution in [0.3, 0.4) is 0 Å². The molecular weight excluding hydrogens is 757 g/mol. The highest BCUT2D eigenvalue weighted by Gasteiger charge is 2.24. The van der Waals surface area contributed by atoms with Gasteiger partial charge in [0.05, 0.1) is 27.5 Å². The zero-order valence-electron chi connectivity index (χ0n) is 25.2. The number of aromatic hydroxyl groups is 1. The Kier molecular flexibility index (Phi) is 12.1. The van der Waals surface area contributed by atoms with Crippen molar-refractivity contribution in [3.05, 3.63) is 54.6 Å². The quantitative estimate of drug-likeness (QED) is 0.0182. The highest BCUT2D eigenvalue weighted by atomic mass is 32.2. The summed E-state index contributed by atoms with van der Waals surface area (Å²) in [6, 6.07) is 12.5. The van der Waals surface area contributed by atoms with Crippen molar-refractivity contribution in [1.29, 1.82) is 0 Å². The average Bonchev–Trinajstić information content (AvgIpc) is 3.07. The van der Waals surface area contributed by atoms with Gasteiger partial charge < -0.3 is 21.9 Å². The van der Waals surface area contributed by atoms with Crippen LogP contribution in [-0.2, 0) is 29.6 Å². The highest BCUT2D eigenvalue weighted by Crippen LogP contribution is 2.48. The van der Waals surface area contributed by atoms with E-state index in [1.165, 1.54) is 41.7 Å². The van der Waals surface area contributed by atoms with E-state index in [9.17, 15) is 31.0 Å². The van der Waals surface area contributed by atoms with Gasteiger partial charge in [-0.25, -0.2) is 5.26 Å². The number of hydrogen-bond acceptors (Lipinski definition) is 19. The largest absolute Gasteiger partial charge is 0.505 e. The zero-order valence-corrected chi connectivity index (χ0v) is 29.3. The molecule has 1 aromatic heterocycles. The van der Waals surface area contributed by atoms with Crippen molar-refractivity contribution in [2.45, 2.75) is 25.0 Å². The van der Waals surface area contributed by atoms with Gasteiger partial charge in [0.2, 0.25) is 5.95 Å². The smallest absolute Gasteiger partial charge is 0.297 e. The second kappa shape index (κ2) is 16.1. The number of nitrogens with two attached hydrogens (primary N) is 2. The predicted octanol–water partition coefficient (Wildman–Crippen LogP) is 5.07. The third-order valence-corrected chi connectivity index (χ3v) is 10.6. The van der Waals surface area contributed by atoms with Gasteiger partial charge in [0.1, 0.15) is 16.3 Å². The predicted molar refractivity (Wildman–Crippen MR) is 187 cm³/mol. The molecule has 50 heavy (non-hydrogen) atoms. The summed E-state index contributed by atoms with van der Waals surface area (Å²) in [5.74, 6) is 0.215. The van der Waals surface area contributed by atoms with Crippen molar-refractivity contribution in [3.8, 4) is 5.75 Å². The van der Waals surface area contributed by atoms with E-state index in [-0.39, 0.29) is 54.4 Å². The lowest BCUT2D eigenvalue weighted by Crippen LogP contribution is -2.07. The molecule has 264 valence electrons. The number of hydrogen-bond donors (Lipinski definition) is 7. The minimum Gasteiger partial charge on any atom is -0.505 e. The van der Waals surface area contributed by atoms with E-state index in [2.05, 4.69) is 39.9 Å². The molecule has 5 rings (SSSR count). The Morgan fingerprint density at radius 1 is 0.840 bits per heavy atom. The maximum absolute atomic E-state index is 12.5. The number of nitrogens with zero attached hydrogens (tertiary/aromatic N) is 5. The summed E-state index contributed by atoms with van der Waals surface area (Å²) < 4.78 is 74.1. The first-order valence-electron chi connectivity index (χ1n) is 13.9. The van der Waals surface area contributed by atoms with Crippen LogP contribution in [0, 0.1) is 0 Å². The minimum atomic E-state index is -4.84. The molecule has 4 aromatic carbocycles. The molecule has 0 unspecified atom stereocenters. The fraction of sp³-hybridized carbons (Fsp3) is 0.148. The molecule has 0 aliphatic carbocycles. The maximum atomic E-state index is 12.5. The summed E-state index contributed by atoms with van der Waals surface area (Å²) >= 11 is 2.79. The van der Waals surface area contributed by atoms with Gasteiger partial charge in [-0.3, -0.25) is 9.11 Å². The first-order chi connectivity index (χ1) is 23.8. The number of benzene rings is 4. The lowest BCUT2D eigenvalue weighted by atomic mass is 10.1. The summed E-state index contributed by atoms with van der Waals surface area (Å²) in [4.78, 5) is 11.8. The van der Waals surface area contributed by atoms with Crippen LogP contribution in [0.2, 0.25) is 0 Å². The van der Waals surface area contributed by atoms with Crippen molar-refractivity contribution >= 4 is 100 Å². The molecule has 0 aliphatic rings. The summed E-state index contributed by atoms with van der Waals surface area (Å²) in [6.45, 7) is 0.653. The van der Waals surface area contributed by atoms with Crippen molar-refractivity contribution in [2.24, 2.45) is 21.7 Å². The van der Waals surface area contributed by atoms with Gasteiger partial charge in [0, 0.05) is 35.4 Å². The first kappa shape index (κ1) is 37.5. The van der Waals surface area contributed by atoms with Crippen molar-refractivity contribution in [2.75, 3.05) is 29.9 Å². The van der Waals surface area contributed by atoms with Crippen LogP contribution < -0.4 is 16.8 Å². The molecule has 0 atom stereocenters. The molecule has 0 radical (unpaired) electrons. The zero-order chi connectivity index (χ0) is 36.1. The molecular formula is C27H26N8O10S5. The van der Waals surface area contributed by atoms with E-state index in [0.717, 1.165) is 12.1 Å². The average molecular weight is 783 g/mol. The number of phenolic OH excluding ortho intramolecular Hbond substituents is 1. The molecule has 0 saturated carbocycles. The van der Waals surface area contributed by atoms with E-state index in [0.29, 0.717) is 42.0 Å². The third-order valence-electron chi connectivity index (χ3n) is 6.49. The van der Waals surface area contributed by atoms with Gasteiger partial charge in [-0.15, -0.1) is 14.6 Å². The minimum absolute atomic E-state index is 0.00281. The van der Waals surface area contributed by atoms with E-state index in [1.807, 2.05) is 0 Å². The number of azo groups is 1. The molecule has 1 heterocycles. The number of nitrogens with one attached hydrogen (secondary N) is 1. The number of thioether (sulfide) groups is 2. The Morgan fingerprint density at radius 2 is 1.52 bits per heavy atom. The SMILES string of the molecule is NCCSc1nc(Nc2cc(S(=O)(=O)O)cc3cc(SOOO)c(/N=N/c4ccc5ccccc5c4S(=O)(=O)O)c(O)c23)nc(SCCN)n1. The number of rotatable bonds is 15. The van der Waals surface area contributed by atoms with E-state index >= 15 is 0 Å². The van der Waals surface area contributed by atoms with Crippen LogP contribution in [-0.4, -0.2) is 75.9 Å². The molecule has 0 amide bonds. The number of phenols is 1. The standard InChI is InChI=1S/C27H26N8O10S5/c28-7-9-46-26-31-25(32-27(33-26)47-10-8-29)30-19-13-16(49(38,39)40)11-15-12-20(48-45-44-37)22(23(36)21(15)19)35-34-18-6-5-14-3-1-2-4-17(14)24(18)50(41,42)43/h1-6,11-13,36-37H,7-10,28-29H2,(H,38,39,40)(H,41,42,43)(H,30,31,32,33)/b35-34+. The summed E-state index contributed by atoms with van der Waals surface area (Å²) in [6.07, 6.45) is 0. The van der Waals surface area contributed by atoms with Crippen LogP contribution in [0.1, 0.15) is 0 Å². The van der Waals surface area contributed by atoms with Gasteiger partial charge in [-0.05, 0) is 35.0 Å². The van der Waals surface area contributed by atoms with E-state index < -0.39 is 35.8 Å². The Hall–Kier alpha value is -3.72. The van der Waals surface area contributed by atoms with Crippen molar-refractivity contribution in [1.82, 2.24) is 15.0 Å². The monoisotopic (exact) mass is 782 g/mol. The second-order valence-electron chi connectivity index (χ2n) is 9.78. The van der Waals surface area contributed by atoms with Crippen molar-refractivity contribution < 1.29 is 45.7 Å². The lowest BCUT2D eigenvalue weighted by Gasteiger charge is -2.15. The van der Waals surface area contributed by atoms with Crippen LogP contribution in [0.4, 0.5) is 23.0 Å². The topological polar surface area (TPSA) is 295 Å². The van der Waals surface area contributed by atoms with Crippen LogP contribution in [0.15, 0.2) is 89.8 Å². The van der Waals surface area contributed by atoms with E-state index in [1.54, 1.807) is 24.3 Å². The Labute approximate surface area is 296 Å². The normalized spacial score (nSPS) is 12.3. The lowest BCUT2D eigenvalue weighted by molar-refractivity contribution is -0.432. The summed E-state index contributed by atoms with van der Waals surface area (Å²) in [7, 11) is -9.66.